The molecule has 0 radical (unpaired) electrons. The summed E-state index contributed by atoms with van der Waals surface area (Å²) in [6.45, 7) is 5.79. The average molecular weight is 455 g/mol. The van der Waals surface area contributed by atoms with Gasteiger partial charge in [0.2, 0.25) is 11.8 Å². The summed E-state index contributed by atoms with van der Waals surface area (Å²) in [7, 11) is 1.25. The fourth-order valence-electron chi connectivity index (χ4n) is 3.76. The zero-order valence-corrected chi connectivity index (χ0v) is 20.8. The van der Waals surface area contributed by atoms with Gasteiger partial charge < -0.3 is 15.8 Å². The Balaban J connectivity index is 4.29. The van der Waals surface area contributed by atoms with Crippen LogP contribution in [-0.4, -0.2) is 36.7 Å². The van der Waals surface area contributed by atoms with Crippen molar-refractivity contribution >= 4 is 23.6 Å². The molecule has 0 spiro atoms. The second kappa shape index (κ2) is 18.6. The number of amides is 2. The molecule has 0 aliphatic carbocycles. The van der Waals surface area contributed by atoms with Gasteiger partial charge in [0.25, 0.3) is 0 Å². The number of hydrogen-bond acceptors (Lipinski definition) is 5. The van der Waals surface area contributed by atoms with Gasteiger partial charge in [-0.1, -0.05) is 85.0 Å². The summed E-state index contributed by atoms with van der Waals surface area (Å²) in [5, 5.41) is 2.62. The summed E-state index contributed by atoms with van der Waals surface area (Å²) in [4.78, 5) is 48.3. The van der Waals surface area contributed by atoms with Crippen molar-refractivity contribution in [1.82, 2.24) is 5.32 Å². The monoisotopic (exact) mass is 454 g/mol. The number of rotatable bonds is 20. The SMILES string of the molecule is CCCCCCCCCCCCCC(=O)C[C@H](CC(N)=O)C(=O)N[C@H](C(=O)OC)C(C)C. The van der Waals surface area contributed by atoms with E-state index in [0.29, 0.717) is 6.42 Å². The van der Waals surface area contributed by atoms with Crippen molar-refractivity contribution in [2.45, 2.75) is 117 Å². The standard InChI is InChI=1S/C25H46N2O5/c1-5-6-7-8-9-10-11-12-13-14-15-16-21(28)17-20(18-22(26)29)24(30)27-23(19(2)3)25(31)32-4/h19-20,23H,5-18H2,1-4H3,(H2,26,29)(H,27,30)/t20-,23+/m1/s1. The molecule has 0 saturated carbocycles. The molecule has 0 fully saturated rings. The molecule has 32 heavy (non-hydrogen) atoms. The van der Waals surface area contributed by atoms with E-state index in [1.807, 2.05) is 0 Å². The highest BCUT2D eigenvalue weighted by Crippen LogP contribution is 2.16. The highest BCUT2D eigenvalue weighted by Gasteiger charge is 2.30. The van der Waals surface area contributed by atoms with E-state index in [-0.39, 0.29) is 24.5 Å². The molecule has 7 nitrogen and oxygen atoms in total. The normalized spacial score (nSPS) is 12.9. The molecule has 0 aromatic heterocycles. The lowest BCUT2D eigenvalue weighted by molar-refractivity contribution is -0.147. The number of Topliss-reactive ketones (excluding diaryl/α,β-unsaturated/α-hetero) is 1. The molecular weight excluding hydrogens is 408 g/mol. The Labute approximate surface area is 194 Å². The van der Waals surface area contributed by atoms with E-state index in [1.165, 1.54) is 58.5 Å². The molecule has 0 bridgehead atoms. The van der Waals surface area contributed by atoms with Crippen molar-refractivity contribution in [3.05, 3.63) is 0 Å². The molecule has 0 unspecified atom stereocenters. The van der Waals surface area contributed by atoms with Gasteiger partial charge in [0.15, 0.2) is 0 Å². The van der Waals surface area contributed by atoms with Crippen LogP contribution in [-0.2, 0) is 23.9 Å². The van der Waals surface area contributed by atoms with E-state index >= 15 is 0 Å². The van der Waals surface area contributed by atoms with Gasteiger partial charge in [0.05, 0.1) is 13.0 Å². The molecule has 7 heteroatoms. The molecule has 0 aromatic rings. The highest BCUT2D eigenvalue weighted by atomic mass is 16.5. The van der Waals surface area contributed by atoms with Crippen molar-refractivity contribution in [1.29, 1.82) is 0 Å². The number of nitrogens with two attached hydrogens (primary N) is 1. The second-order valence-electron chi connectivity index (χ2n) is 9.15. The Morgan fingerprint density at radius 2 is 1.31 bits per heavy atom. The van der Waals surface area contributed by atoms with Crippen molar-refractivity contribution in [3.63, 3.8) is 0 Å². The maximum atomic E-state index is 12.6. The van der Waals surface area contributed by atoms with Crippen LogP contribution in [0, 0.1) is 11.8 Å². The van der Waals surface area contributed by atoms with Gasteiger partial charge in [-0.15, -0.1) is 0 Å². The average Bonchev–Trinajstić information content (AvgIpc) is 2.74. The minimum absolute atomic E-state index is 0.0431. The molecule has 0 aromatic carbocycles. The first-order chi connectivity index (χ1) is 15.2. The van der Waals surface area contributed by atoms with E-state index in [4.69, 9.17) is 10.5 Å². The number of methoxy groups -OCH3 is 1. The number of esters is 1. The number of unbranched alkanes of at least 4 members (excludes halogenated alkanes) is 10. The summed E-state index contributed by atoms with van der Waals surface area (Å²) < 4.78 is 4.73. The molecular formula is C25H46N2O5. The lowest BCUT2D eigenvalue weighted by Gasteiger charge is -2.23. The molecule has 0 heterocycles. The third-order valence-electron chi connectivity index (χ3n) is 5.77. The molecule has 2 amide bonds. The van der Waals surface area contributed by atoms with Crippen molar-refractivity contribution < 1.29 is 23.9 Å². The van der Waals surface area contributed by atoms with Crippen LogP contribution in [0.5, 0.6) is 0 Å². The fraction of sp³-hybridized carbons (Fsp3) is 0.840. The van der Waals surface area contributed by atoms with Gasteiger partial charge in [0, 0.05) is 19.3 Å². The second-order valence-corrected chi connectivity index (χ2v) is 9.15. The fourth-order valence-corrected chi connectivity index (χ4v) is 3.76. The topological polar surface area (TPSA) is 116 Å². The Morgan fingerprint density at radius 1 is 0.812 bits per heavy atom. The maximum absolute atomic E-state index is 12.6. The smallest absolute Gasteiger partial charge is 0.328 e. The van der Waals surface area contributed by atoms with Crippen LogP contribution in [0.15, 0.2) is 0 Å². The first-order valence-electron chi connectivity index (χ1n) is 12.4. The number of carbonyl (C=O) groups excluding carboxylic acids is 4. The van der Waals surface area contributed by atoms with E-state index in [2.05, 4.69) is 12.2 Å². The van der Waals surface area contributed by atoms with Crippen molar-refractivity contribution in [2.24, 2.45) is 17.6 Å². The van der Waals surface area contributed by atoms with E-state index < -0.39 is 29.7 Å². The Kier molecular flexibility index (Phi) is 17.5. The quantitative estimate of drug-likeness (QED) is 0.208. The number of primary amides is 1. The Hall–Kier alpha value is -1.92. The Bertz CT molecular complexity index is 563. The number of ether oxygens (including phenoxy) is 1. The lowest BCUT2D eigenvalue weighted by atomic mass is 9.93. The molecule has 0 aliphatic rings. The predicted molar refractivity (Wildman–Crippen MR) is 127 cm³/mol. The number of nitrogens with one attached hydrogen (secondary N) is 1. The molecule has 2 atom stereocenters. The van der Waals surface area contributed by atoms with Gasteiger partial charge >= 0.3 is 5.97 Å². The first-order valence-corrected chi connectivity index (χ1v) is 12.4. The highest BCUT2D eigenvalue weighted by molar-refractivity contribution is 5.92. The summed E-state index contributed by atoms with van der Waals surface area (Å²) in [6, 6.07) is -0.829. The lowest BCUT2D eigenvalue weighted by Crippen LogP contribution is -2.48. The summed E-state index contributed by atoms with van der Waals surface area (Å²) in [5.41, 5.74) is 5.28. The zero-order chi connectivity index (χ0) is 24.4. The van der Waals surface area contributed by atoms with Crippen LogP contribution in [0.1, 0.15) is 111 Å². The van der Waals surface area contributed by atoms with Gasteiger partial charge in [0.1, 0.15) is 11.8 Å². The molecule has 0 aliphatic heterocycles. The largest absolute Gasteiger partial charge is 0.467 e. The van der Waals surface area contributed by atoms with Crippen molar-refractivity contribution in [3.8, 4) is 0 Å². The zero-order valence-electron chi connectivity index (χ0n) is 20.8. The van der Waals surface area contributed by atoms with E-state index in [0.717, 1.165) is 19.3 Å². The first kappa shape index (κ1) is 30.1. The van der Waals surface area contributed by atoms with Crippen LogP contribution in [0.2, 0.25) is 0 Å². The molecule has 3 N–H and O–H groups in total. The number of hydrogen-bond donors (Lipinski definition) is 2. The van der Waals surface area contributed by atoms with Gasteiger partial charge in [-0.2, -0.15) is 0 Å². The number of carbonyl (C=O) groups is 4. The minimum atomic E-state index is -0.862. The summed E-state index contributed by atoms with van der Waals surface area (Å²) in [6.07, 6.45) is 13.4. The van der Waals surface area contributed by atoms with Crippen molar-refractivity contribution in [2.75, 3.05) is 7.11 Å². The Morgan fingerprint density at radius 3 is 1.75 bits per heavy atom. The number of ketones is 1. The van der Waals surface area contributed by atoms with Gasteiger partial charge in [-0.3, -0.25) is 14.4 Å². The third kappa shape index (κ3) is 15.0. The van der Waals surface area contributed by atoms with E-state index in [9.17, 15) is 19.2 Å². The van der Waals surface area contributed by atoms with E-state index in [1.54, 1.807) is 13.8 Å². The summed E-state index contributed by atoms with van der Waals surface area (Å²) in [5.74, 6) is -2.82. The van der Waals surface area contributed by atoms with Crippen LogP contribution in [0.25, 0.3) is 0 Å². The maximum Gasteiger partial charge on any atom is 0.328 e. The van der Waals surface area contributed by atoms with Crippen LogP contribution in [0.3, 0.4) is 0 Å². The molecule has 0 saturated heterocycles. The van der Waals surface area contributed by atoms with Crippen LogP contribution < -0.4 is 11.1 Å². The predicted octanol–water partition coefficient (Wildman–Crippen LogP) is 4.45. The molecule has 186 valence electrons. The van der Waals surface area contributed by atoms with Crippen LogP contribution >= 0.6 is 0 Å². The third-order valence-corrected chi connectivity index (χ3v) is 5.77. The van der Waals surface area contributed by atoms with Gasteiger partial charge in [-0.25, -0.2) is 4.79 Å². The summed E-state index contributed by atoms with van der Waals surface area (Å²) >= 11 is 0. The molecule has 0 rings (SSSR count). The minimum Gasteiger partial charge on any atom is -0.467 e. The van der Waals surface area contributed by atoms with Gasteiger partial charge in [-0.05, 0) is 12.3 Å². The van der Waals surface area contributed by atoms with Crippen LogP contribution in [0.4, 0.5) is 0 Å².